The average molecular weight is 402 g/mol. The first-order chi connectivity index (χ1) is 13.5. The largest absolute Gasteiger partial charge is 0.486 e. The van der Waals surface area contributed by atoms with Gasteiger partial charge in [0, 0.05) is 13.0 Å². The number of aromatic nitrogens is 2. The van der Waals surface area contributed by atoms with Gasteiger partial charge in [0.25, 0.3) is 5.88 Å². The van der Waals surface area contributed by atoms with Gasteiger partial charge in [0.2, 0.25) is 0 Å². The highest BCUT2D eigenvalue weighted by molar-refractivity contribution is 7.81. The molecule has 1 N–H and O–H groups in total. The second-order valence-corrected chi connectivity index (χ2v) is 7.34. The summed E-state index contributed by atoms with van der Waals surface area (Å²) in [5.41, 5.74) is 1.01. The van der Waals surface area contributed by atoms with Gasteiger partial charge in [-0.25, -0.2) is 0 Å². The molecule has 0 fully saturated rings. The van der Waals surface area contributed by atoms with Crippen molar-refractivity contribution in [3.63, 3.8) is 0 Å². The van der Waals surface area contributed by atoms with Gasteiger partial charge in [0.1, 0.15) is 18.5 Å². The van der Waals surface area contributed by atoms with Gasteiger partial charge in [-0.3, -0.25) is 4.55 Å². The average Bonchev–Trinajstić information content (AvgIpc) is 3.01. The molecule has 4 rings (SSSR count). The molecule has 3 aromatic rings. The summed E-state index contributed by atoms with van der Waals surface area (Å²) in [4.78, 5) is 4.21. The summed E-state index contributed by atoms with van der Waals surface area (Å²) in [6.45, 7) is 0.797. The van der Waals surface area contributed by atoms with Crippen LogP contribution in [0.2, 0.25) is 0 Å². The van der Waals surface area contributed by atoms with E-state index >= 15 is 0 Å². The normalized spacial score (nSPS) is 16.0. The van der Waals surface area contributed by atoms with E-state index in [4.69, 9.17) is 14.0 Å². The second-order valence-electron chi connectivity index (χ2n) is 6.32. The lowest BCUT2D eigenvalue weighted by Gasteiger charge is -2.26. The number of imidazole rings is 1. The van der Waals surface area contributed by atoms with E-state index in [1.54, 1.807) is 4.57 Å². The highest BCUT2D eigenvalue weighted by atomic mass is 32.3. The zero-order valence-electron chi connectivity index (χ0n) is 14.8. The third-order valence-corrected chi connectivity index (χ3v) is 4.58. The molecule has 0 saturated carbocycles. The van der Waals surface area contributed by atoms with Crippen LogP contribution in [0, 0.1) is 0 Å². The predicted molar refractivity (Wildman–Crippen MR) is 100 cm³/mol. The smallest absolute Gasteiger partial charge is 0.448 e. The second kappa shape index (κ2) is 7.53. The number of rotatable bonds is 6. The molecule has 0 amide bonds. The van der Waals surface area contributed by atoms with E-state index in [9.17, 15) is 8.42 Å². The number of ether oxygens (including phenoxy) is 2. The number of nitrogens with zero attached hydrogens (tertiary/aromatic N) is 2. The van der Waals surface area contributed by atoms with Crippen LogP contribution in [0.15, 0.2) is 60.8 Å². The maximum atomic E-state index is 11.0. The minimum Gasteiger partial charge on any atom is -0.486 e. The number of hydrogen-bond donors (Lipinski definition) is 1. The van der Waals surface area contributed by atoms with E-state index in [-0.39, 0.29) is 12.0 Å². The summed E-state index contributed by atoms with van der Waals surface area (Å²) in [5.74, 6) is 1.68. The summed E-state index contributed by atoms with van der Waals surface area (Å²) >= 11 is 0. The molecule has 2 heterocycles. The third kappa shape index (κ3) is 4.44. The predicted octanol–water partition coefficient (Wildman–Crippen LogP) is 2.50. The Morgan fingerprint density at radius 2 is 1.82 bits per heavy atom. The molecule has 0 saturated heterocycles. The maximum Gasteiger partial charge on any atom is 0.448 e. The molecular weight excluding hydrogens is 384 g/mol. The minimum absolute atomic E-state index is 0.203. The molecule has 9 heteroatoms. The lowest BCUT2D eigenvalue weighted by atomic mass is 10.2. The quantitative estimate of drug-likeness (QED) is 0.632. The fourth-order valence-electron chi connectivity index (χ4n) is 3.02. The van der Waals surface area contributed by atoms with E-state index in [2.05, 4.69) is 9.17 Å². The van der Waals surface area contributed by atoms with Crippen LogP contribution in [0.4, 0.5) is 0 Å². The Morgan fingerprint density at radius 1 is 1.11 bits per heavy atom. The van der Waals surface area contributed by atoms with Crippen LogP contribution < -0.4 is 13.7 Å². The number of benzene rings is 2. The van der Waals surface area contributed by atoms with Gasteiger partial charge >= 0.3 is 10.4 Å². The maximum absolute atomic E-state index is 11.0. The monoisotopic (exact) mass is 402 g/mol. The Hall–Kier alpha value is -3.04. The van der Waals surface area contributed by atoms with Crippen LogP contribution in [0.5, 0.6) is 17.4 Å². The van der Waals surface area contributed by atoms with Gasteiger partial charge in [-0.15, -0.1) is 0 Å². The van der Waals surface area contributed by atoms with Crippen LogP contribution in [-0.4, -0.2) is 35.2 Å². The SMILES string of the molecule is O=S(=O)(O)Oc1cn(Cc2ccccc2)c(CC2COc3ccccc3O2)n1. The molecule has 1 aliphatic heterocycles. The van der Waals surface area contributed by atoms with Gasteiger partial charge in [0.05, 0.1) is 6.20 Å². The fourth-order valence-corrected chi connectivity index (χ4v) is 3.32. The first-order valence-electron chi connectivity index (χ1n) is 8.61. The van der Waals surface area contributed by atoms with Crippen molar-refractivity contribution in [1.29, 1.82) is 0 Å². The van der Waals surface area contributed by atoms with E-state index < -0.39 is 10.4 Å². The summed E-state index contributed by atoms with van der Waals surface area (Å²) in [5, 5.41) is 0. The standard InChI is InChI=1S/C19H18N2O6S/c22-28(23,24)27-19-12-21(11-14-6-2-1-3-7-14)18(20-19)10-15-13-25-16-8-4-5-9-17(16)26-15/h1-9,12,15H,10-11,13H2,(H,22,23,24). The summed E-state index contributed by atoms with van der Waals surface area (Å²) < 4.78 is 49.0. The van der Waals surface area contributed by atoms with Crippen molar-refractivity contribution in [2.45, 2.75) is 19.1 Å². The molecule has 1 unspecified atom stereocenters. The van der Waals surface area contributed by atoms with Gasteiger partial charge in [-0.2, -0.15) is 13.4 Å². The Labute approximate surface area is 162 Å². The molecule has 0 aliphatic carbocycles. The highest BCUT2D eigenvalue weighted by Gasteiger charge is 2.24. The highest BCUT2D eigenvalue weighted by Crippen LogP contribution is 2.31. The number of fused-ring (bicyclic) bond motifs is 1. The fraction of sp³-hybridized carbons (Fsp3) is 0.211. The Balaban J connectivity index is 1.57. The molecular formula is C19H18N2O6S. The molecule has 8 nitrogen and oxygen atoms in total. The van der Waals surface area contributed by atoms with Gasteiger partial charge in [0.15, 0.2) is 11.5 Å². The Bertz CT molecular complexity index is 1070. The molecule has 0 spiro atoms. The molecule has 28 heavy (non-hydrogen) atoms. The van der Waals surface area contributed by atoms with Crippen molar-refractivity contribution in [3.05, 3.63) is 72.2 Å². The van der Waals surface area contributed by atoms with Crippen LogP contribution in [-0.2, 0) is 23.4 Å². The van der Waals surface area contributed by atoms with Crippen LogP contribution in [0.3, 0.4) is 0 Å². The minimum atomic E-state index is -4.66. The van der Waals surface area contributed by atoms with Crippen molar-refractivity contribution >= 4 is 10.4 Å². The number of para-hydroxylation sites is 2. The Morgan fingerprint density at radius 3 is 2.57 bits per heavy atom. The van der Waals surface area contributed by atoms with Crippen LogP contribution in [0.1, 0.15) is 11.4 Å². The van der Waals surface area contributed by atoms with Gasteiger partial charge in [-0.05, 0) is 17.7 Å². The number of hydrogen-bond acceptors (Lipinski definition) is 6. The topological polar surface area (TPSA) is 99.9 Å². The molecule has 0 radical (unpaired) electrons. The Kier molecular flexibility index (Phi) is 4.93. The van der Waals surface area contributed by atoms with E-state index in [0.29, 0.717) is 36.9 Å². The van der Waals surface area contributed by atoms with E-state index in [0.717, 1.165) is 5.56 Å². The van der Waals surface area contributed by atoms with Crippen LogP contribution >= 0.6 is 0 Å². The third-order valence-electron chi connectivity index (χ3n) is 4.20. The van der Waals surface area contributed by atoms with Crippen molar-refractivity contribution in [2.24, 2.45) is 0 Å². The molecule has 1 aromatic heterocycles. The molecule has 2 aromatic carbocycles. The van der Waals surface area contributed by atoms with Crippen molar-refractivity contribution in [2.75, 3.05) is 6.61 Å². The summed E-state index contributed by atoms with van der Waals surface area (Å²) in [6.07, 6.45) is 1.51. The van der Waals surface area contributed by atoms with Crippen LogP contribution in [0.25, 0.3) is 0 Å². The van der Waals surface area contributed by atoms with Crippen molar-refractivity contribution in [1.82, 2.24) is 9.55 Å². The van der Waals surface area contributed by atoms with Gasteiger partial charge < -0.3 is 18.2 Å². The summed E-state index contributed by atoms with van der Waals surface area (Å²) in [6, 6.07) is 17.0. The lowest BCUT2D eigenvalue weighted by molar-refractivity contribution is 0.0893. The summed E-state index contributed by atoms with van der Waals surface area (Å²) in [7, 11) is -4.66. The zero-order valence-corrected chi connectivity index (χ0v) is 15.6. The zero-order chi connectivity index (χ0) is 19.6. The first-order valence-corrected chi connectivity index (χ1v) is 9.98. The van der Waals surface area contributed by atoms with Crippen molar-refractivity contribution < 1.29 is 26.6 Å². The lowest BCUT2D eigenvalue weighted by Crippen LogP contribution is -2.32. The molecule has 146 valence electrons. The first kappa shape index (κ1) is 18.3. The molecule has 1 atom stereocenters. The van der Waals surface area contributed by atoms with E-state index in [1.165, 1.54) is 6.20 Å². The molecule has 1 aliphatic rings. The van der Waals surface area contributed by atoms with Gasteiger partial charge in [-0.1, -0.05) is 42.5 Å². The van der Waals surface area contributed by atoms with Crippen molar-refractivity contribution in [3.8, 4) is 17.4 Å². The van der Waals surface area contributed by atoms with E-state index in [1.807, 2.05) is 54.6 Å². The molecule has 0 bridgehead atoms.